The van der Waals surface area contributed by atoms with Gasteiger partial charge < -0.3 is 25.7 Å². The molecule has 0 aromatic rings. The monoisotopic (exact) mass is 720 g/mol. The van der Waals surface area contributed by atoms with E-state index in [1.807, 2.05) is 0 Å². The molecule has 0 radical (unpaired) electrons. The minimum Gasteiger partial charge on any atom is -0.394 e. The molecule has 0 bridgehead atoms. The minimum absolute atomic E-state index is 0.361. The predicted molar refractivity (Wildman–Crippen MR) is 219 cm³/mol. The number of rotatable bonds is 39. The highest BCUT2D eigenvalue weighted by molar-refractivity contribution is 5.80. The molecule has 0 rings (SSSR count). The van der Waals surface area contributed by atoms with E-state index in [9.17, 15) is 25.2 Å². The van der Waals surface area contributed by atoms with Crippen molar-refractivity contribution in [1.29, 1.82) is 0 Å². The third-order valence-corrected chi connectivity index (χ3v) is 10.1. The number of hydrogen-bond acceptors (Lipinski definition) is 5. The van der Waals surface area contributed by atoms with Crippen molar-refractivity contribution in [3.05, 3.63) is 36.5 Å². The molecule has 0 heterocycles. The second-order valence-corrected chi connectivity index (χ2v) is 15.0. The Morgan fingerprint density at radius 2 is 0.824 bits per heavy atom. The number of carbonyl (C=O) groups is 1. The zero-order valence-electron chi connectivity index (χ0n) is 33.6. The fourth-order valence-electron chi connectivity index (χ4n) is 6.55. The first-order chi connectivity index (χ1) is 25.0. The van der Waals surface area contributed by atoms with Crippen LogP contribution in [-0.2, 0) is 4.79 Å². The van der Waals surface area contributed by atoms with Crippen LogP contribution in [-0.4, -0.2) is 57.3 Å². The third-order valence-electron chi connectivity index (χ3n) is 10.1. The molecule has 300 valence electrons. The predicted octanol–water partition coefficient (Wildman–Crippen LogP) is 11.3. The summed E-state index contributed by atoms with van der Waals surface area (Å²) >= 11 is 0. The second-order valence-electron chi connectivity index (χ2n) is 15.0. The van der Waals surface area contributed by atoms with Crippen molar-refractivity contribution in [3.8, 4) is 0 Å². The lowest BCUT2D eigenvalue weighted by Crippen LogP contribution is -2.53. The number of carbonyl (C=O) groups excluding carboxylic acids is 1. The fourth-order valence-corrected chi connectivity index (χ4v) is 6.55. The van der Waals surface area contributed by atoms with Gasteiger partial charge >= 0.3 is 0 Å². The average Bonchev–Trinajstić information content (AvgIpc) is 3.13. The number of nitrogens with one attached hydrogen (secondary N) is 1. The summed E-state index contributed by atoms with van der Waals surface area (Å²) in [5, 5.41) is 43.6. The molecule has 0 aliphatic heterocycles. The van der Waals surface area contributed by atoms with Crippen LogP contribution in [0.1, 0.15) is 213 Å². The minimum atomic E-state index is -1.29. The van der Waals surface area contributed by atoms with Crippen LogP contribution in [0.15, 0.2) is 36.5 Å². The Labute approximate surface area is 316 Å². The highest BCUT2D eigenvalue weighted by Crippen LogP contribution is 2.15. The van der Waals surface area contributed by atoms with Gasteiger partial charge in [-0.15, -0.1) is 0 Å². The maximum absolute atomic E-state index is 12.5. The lowest BCUT2D eigenvalue weighted by atomic mass is 10.00. The molecule has 0 aromatic carbocycles. The molecule has 6 nitrogen and oxygen atoms in total. The number of aliphatic hydroxyl groups is 4. The standard InChI is InChI=1S/C45H85NO5/c1-3-5-7-9-11-13-15-17-19-20-21-22-23-24-25-27-28-30-32-34-36-38-42(48)44(50)41(40-47)46-45(51)43(49)39-37-35-33-31-29-26-18-16-14-12-10-8-6-4-2/h20-21,24-25,30,32,41-44,47-50H,3-19,22-23,26-29,31,33-40H2,1-2H3,(H,46,51)/b21-20+,25-24+,32-30+. The Kier molecular flexibility index (Phi) is 38.6. The largest absolute Gasteiger partial charge is 0.394 e. The summed E-state index contributed by atoms with van der Waals surface area (Å²) in [6.07, 6.45) is 46.0. The molecule has 6 heteroatoms. The molecule has 0 saturated heterocycles. The number of amides is 1. The van der Waals surface area contributed by atoms with Crippen molar-refractivity contribution in [2.75, 3.05) is 6.61 Å². The third kappa shape index (κ3) is 34.1. The zero-order valence-corrected chi connectivity index (χ0v) is 33.6. The van der Waals surface area contributed by atoms with Crippen LogP contribution in [0.3, 0.4) is 0 Å². The summed E-state index contributed by atoms with van der Waals surface area (Å²) in [5.41, 5.74) is 0. The molecule has 4 unspecified atom stereocenters. The molecule has 51 heavy (non-hydrogen) atoms. The smallest absolute Gasteiger partial charge is 0.249 e. The summed E-state index contributed by atoms with van der Waals surface area (Å²) < 4.78 is 0. The van der Waals surface area contributed by atoms with Gasteiger partial charge in [-0.3, -0.25) is 4.79 Å². The molecular weight excluding hydrogens is 634 g/mol. The van der Waals surface area contributed by atoms with E-state index in [1.54, 1.807) is 0 Å². The summed E-state index contributed by atoms with van der Waals surface area (Å²) in [6.45, 7) is 4.02. The number of aliphatic hydroxyl groups excluding tert-OH is 4. The SMILES string of the molecule is CCCCCCCCCC/C=C/CC/C=C/CC/C=C/CCCC(O)C(O)C(CO)NC(=O)C(O)CCCCCCCCCCCCCCCC. The summed E-state index contributed by atoms with van der Waals surface area (Å²) in [4.78, 5) is 12.5. The van der Waals surface area contributed by atoms with Crippen LogP contribution in [0.5, 0.6) is 0 Å². The van der Waals surface area contributed by atoms with Crippen LogP contribution >= 0.6 is 0 Å². The summed E-state index contributed by atoms with van der Waals surface area (Å²) in [6, 6.07) is -1.01. The Morgan fingerprint density at radius 1 is 0.471 bits per heavy atom. The Morgan fingerprint density at radius 3 is 1.24 bits per heavy atom. The van der Waals surface area contributed by atoms with Crippen molar-refractivity contribution in [1.82, 2.24) is 5.32 Å². The zero-order chi connectivity index (χ0) is 37.5. The van der Waals surface area contributed by atoms with Gasteiger partial charge in [0.1, 0.15) is 12.2 Å². The van der Waals surface area contributed by atoms with E-state index in [0.29, 0.717) is 19.3 Å². The molecule has 0 spiro atoms. The van der Waals surface area contributed by atoms with Gasteiger partial charge in [-0.1, -0.05) is 185 Å². The Bertz CT molecular complexity index is 812. The van der Waals surface area contributed by atoms with Crippen molar-refractivity contribution < 1.29 is 25.2 Å². The number of unbranched alkanes of at least 4 members (excludes halogenated alkanes) is 24. The molecule has 0 fully saturated rings. The number of hydrogen-bond donors (Lipinski definition) is 5. The maximum atomic E-state index is 12.5. The van der Waals surface area contributed by atoms with Crippen LogP contribution in [0.2, 0.25) is 0 Å². The Hall–Kier alpha value is -1.47. The van der Waals surface area contributed by atoms with E-state index in [1.165, 1.54) is 128 Å². The molecule has 4 atom stereocenters. The van der Waals surface area contributed by atoms with E-state index >= 15 is 0 Å². The van der Waals surface area contributed by atoms with Crippen LogP contribution in [0.4, 0.5) is 0 Å². The van der Waals surface area contributed by atoms with E-state index in [4.69, 9.17) is 0 Å². The number of allylic oxidation sites excluding steroid dienone is 6. The van der Waals surface area contributed by atoms with Crippen molar-refractivity contribution in [2.45, 2.75) is 237 Å². The first-order valence-corrected chi connectivity index (χ1v) is 21.9. The van der Waals surface area contributed by atoms with E-state index in [-0.39, 0.29) is 0 Å². The van der Waals surface area contributed by atoms with Gasteiger partial charge in [0.05, 0.1) is 18.8 Å². The first kappa shape index (κ1) is 49.5. The van der Waals surface area contributed by atoms with Gasteiger partial charge in [0.15, 0.2) is 0 Å². The Balaban J connectivity index is 3.83. The van der Waals surface area contributed by atoms with Gasteiger partial charge in [0.2, 0.25) is 5.91 Å². The molecule has 1 amide bonds. The first-order valence-electron chi connectivity index (χ1n) is 21.9. The molecular formula is C45H85NO5. The van der Waals surface area contributed by atoms with Gasteiger partial charge in [-0.05, 0) is 64.2 Å². The summed E-state index contributed by atoms with van der Waals surface area (Å²) in [7, 11) is 0. The van der Waals surface area contributed by atoms with Crippen LogP contribution < -0.4 is 5.32 Å². The van der Waals surface area contributed by atoms with E-state index in [0.717, 1.165) is 51.4 Å². The molecule has 0 aliphatic rings. The van der Waals surface area contributed by atoms with E-state index in [2.05, 4.69) is 55.6 Å². The van der Waals surface area contributed by atoms with Gasteiger partial charge in [0, 0.05) is 0 Å². The highest BCUT2D eigenvalue weighted by Gasteiger charge is 2.28. The van der Waals surface area contributed by atoms with Crippen LogP contribution in [0, 0.1) is 0 Å². The topological polar surface area (TPSA) is 110 Å². The maximum Gasteiger partial charge on any atom is 0.249 e. The van der Waals surface area contributed by atoms with Crippen LogP contribution in [0.25, 0.3) is 0 Å². The van der Waals surface area contributed by atoms with Gasteiger partial charge in [0.25, 0.3) is 0 Å². The van der Waals surface area contributed by atoms with Gasteiger partial charge in [-0.2, -0.15) is 0 Å². The fraction of sp³-hybridized carbons (Fsp3) is 0.844. The van der Waals surface area contributed by atoms with E-state index < -0.39 is 36.9 Å². The normalized spacial score (nSPS) is 14.5. The lowest BCUT2D eigenvalue weighted by molar-refractivity contribution is -0.132. The molecule has 5 N–H and O–H groups in total. The average molecular weight is 720 g/mol. The molecule has 0 aromatic heterocycles. The highest BCUT2D eigenvalue weighted by atomic mass is 16.3. The molecule has 0 saturated carbocycles. The molecule has 0 aliphatic carbocycles. The van der Waals surface area contributed by atoms with Crippen molar-refractivity contribution in [3.63, 3.8) is 0 Å². The van der Waals surface area contributed by atoms with Crippen molar-refractivity contribution >= 4 is 5.91 Å². The summed E-state index contributed by atoms with van der Waals surface area (Å²) in [5.74, 6) is -0.600. The van der Waals surface area contributed by atoms with Gasteiger partial charge in [-0.25, -0.2) is 0 Å². The lowest BCUT2D eigenvalue weighted by Gasteiger charge is -2.27. The van der Waals surface area contributed by atoms with Crippen molar-refractivity contribution in [2.24, 2.45) is 0 Å². The second kappa shape index (κ2) is 39.7. The quantitative estimate of drug-likeness (QED) is 0.0321.